The Hall–Kier alpha value is -0.530. The number of likely N-dealkylation sites (tertiary alicyclic amines) is 1. The van der Waals surface area contributed by atoms with Crippen LogP contribution < -0.4 is 0 Å². The largest absolute Gasteiger partial charge is 0.339 e. The molecule has 0 saturated carbocycles. The second-order valence-electron chi connectivity index (χ2n) is 5.58. The smallest absolute Gasteiger partial charge is 0.225 e. The maximum atomic E-state index is 12.0. The third-order valence-electron chi connectivity index (χ3n) is 3.64. The van der Waals surface area contributed by atoms with Crippen LogP contribution in [0.3, 0.4) is 0 Å². The zero-order valence-corrected chi connectivity index (χ0v) is 10.8. The van der Waals surface area contributed by atoms with Gasteiger partial charge < -0.3 is 4.90 Å². The van der Waals surface area contributed by atoms with Crippen LogP contribution in [0.15, 0.2) is 0 Å². The third-order valence-corrected chi connectivity index (χ3v) is 3.64. The lowest BCUT2D eigenvalue weighted by molar-refractivity contribution is -0.139. The van der Waals surface area contributed by atoms with E-state index >= 15 is 0 Å². The summed E-state index contributed by atoms with van der Waals surface area (Å²) in [6.07, 6.45) is 2.45. The van der Waals surface area contributed by atoms with E-state index in [0.717, 1.165) is 6.54 Å². The Morgan fingerprint density at radius 1 is 1.20 bits per heavy atom. The summed E-state index contributed by atoms with van der Waals surface area (Å²) in [5.41, 5.74) is 0. The first kappa shape index (κ1) is 12.5. The molecule has 1 fully saturated rings. The standard InChI is InChI=1S/C13H25NO/c1-9(2)12-7-6-11(5)14(8-12)13(15)10(3)4/h9-12H,6-8H2,1-5H3. The van der Waals surface area contributed by atoms with Gasteiger partial charge in [0.05, 0.1) is 0 Å². The predicted molar refractivity (Wildman–Crippen MR) is 63.6 cm³/mol. The van der Waals surface area contributed by atoms with Crippen LogP contribution in [0, 0.1) is 17.8 Å². The van der Waals surface area contributed by atoms with Gasteiger partial charge in [-0.05, 0) is 31.6 Å². The molecular formula is C13H25NO. The Balaban J connectivity index is 2.65. The van der Waals surface area contributed by atoms with Crippen molar-refractivity contribution in [3.8, 4) is 0 Å². The van der Waals surface area contributed by atoms with Crippen LogP contribution in [-0.2, 0) is 4.79 Å². The van der Waals surface area contributed by atoms with E-state index in [1.165, 1.54) is 12.8 Å². The third kappa shape index (κ3) is 2.96. The van der Waals surface area contributed by atoms with E-state index in [0.29, 0.717) is 23.8 Å². The number of hydrogen-bond donors (Lipinski definition) is 0. The molecule has 1 saturated heterocycles. The van der Waals surface area contributed by atoms with Gasteiger partial charge in [-0.2, -0.15) is 0 Å². The first-order valence-corrected chi connectivity index (χ1v) is 6.24. The summed E-state index contributed by atoms with van der Waals surface area (Å²) in [6.45, 7) is 11.7. The van der Waals surface area contributed by atoms with Gasteiger partial charge in [0.15, 0.2) is 0 Å². The van der Waals surface area contributed by atoms with Gasteiger partial charge in [0, 0.05) is 18.5 Å². The van der Waals surface area contributed by atoms with Crippen molar-refractivity contribution >= 4 is 5.91 Å². The van der Waals surface area contributed by atoms with Crippen LogP contribution in [0.1, 0.15) is 47.5 Å². The molecule has 0 aliphatic carbocycles. The van der Waals surface area contributed by atoms with Crippen LogP contribution in [0.25, 0.3) is 0 Å². The molecule has 0 bridgehead atoms. The summed E-state index contributed by atoms with van der Waals surface area (Å²) in [4.78, 5) is 14.1. The normalized spacial score (nSPS) is 27.5. The lowest BCUT2D eigenvalue weighted by atomic mass is 9.85. The van der Waals surface area contributed by atoms with Crippen molar-refractivity contribution in [2.24, 2.45) is 17.8 Å². The molecule has 1 aliphatic heterocycles. The summed E-state index contributed by atoms with van der Waals surface area (Å²) in [6, 6.07) is 0.440. The fourth-order valence-corrected chi connectivity index (χ4v) is 2.32. The molecule has 15 heavy (non-hydrogen) atoms. The number of hydrogen-bond acceptors (Lipinski definition) is 1. The maximum absolute atomic E-state index is 12.0. The molecule has 1 rings (SSSR count). The monoisotopic (exact) mass is 211 g/mol. The lowest BCUT2D eigenvalue weighted by Gasteiger charge is -2.40. The van der Waals surface area contributed by atoms with E-state index in [2.05, 4.69) is 25.7 Å². The Kier molecular flexibility index (Phi) is 4.18. The summed E-state index contributed by atoms with van der Waals surface area (Å²) in [5.74, 6) is 1.86. The molecule has 0 aromatic rings. The van der Waals surface area contributed by atoms with E-state index in [4.69, 9.17) is 0 Å². The molecule has 0 spiro atoms. The molecule has 2 heteroatoms. The van der Waals surface area contributed by atoms with Crippen molar-refractivity contribution in [2.75, 3.05) is 6.54 Å². The Bertz CT molecular complexity index is 223. The molecule has 1 heterocycles. The van der Waals surface area contributed by atoms with E-state index in [-0.39, 0.29) is 5.92 Å². The van der Waals surface area contributed by atoms with Crippen LogP contribution >= 0.6 is 0 Å². The number of carbonyl (C=O) groups excluding carboxylic acids is 1. The molecular weight excluding hydrogens is 186 g/mol. The van der Waals surface area contributed by atoms with E-state index < -0.39 is 0 Å². The van der Waals surface area contributed by atoms with Gasteiger partial charge in [-0.1, -0.05) is 27.7 Å². The van der Waals surface area contributed by atoms with Crippen molar-refractivity contribution in [3.63, 3.8) is 0 Å². The second-order valence-corrected chi connectivity index (χ2v) is 5.58. The van der Waals surface area contributed by atoms with E-state index in [1.54, 1.807) is 0 Å². The van der Waals surface area contributed by atoms with Crippen molar-refractivity contribution in [3.05, 3.63) is 0 Å². The minimum absolute atomic E-state index is 0.137. The van der Waals surface area contributed by atoms with Gasteiger partial charge in [0.1, 0.15) is 0 Å². The molecule has 2 unspecified atom stereocenters. The van der Waals surface area contributed by atoms with E-state index in [9.17, 15) is 4.79 Å². The summed E-state index contributed by atoms with van der Waals surface area (Å²) >= 11 is 0. The highest BCUT2D eigenvalue weighted by Crippen LogP contribution is 2.28. The fraction of sp³-hybridized carbons (Fsp3) is 0.923. The molecule has 2 nitrogen and oxygen atoms in total. The Morgan fingerprint density at radius 2 is 1.80 bits per heavy atom. The lowest BCUT2D eigenvalue weighted by Crippen LogP contribution is -2.48. The van der Waals surface area contributed by atoms with Crippen molar-refractivity contribution in [1.29, 1.82) is 0 Å². The summed E-state index contributed by atoms with van der Waals surface area (Å²) in [5, 5.41) is 0. The number of carbonyl (C=O) groups is 1. The van der Waals surface area contributed by atoms with Gasteiger partial charge in [-0.3, -0.25) is 4.79 Å². The minimum Gasteiger partial charge on any atom is -0.339 e. The number of rotatable bonds is 2. The van der Waals surface area contributed by atoms with Crippen LogP contribution in [0.2, 0.25) is 0 Å². The number of amides is 1. The summed E-state index contributed by atoms with van der Waals surface area (Å²) in [7, 11) is 0. The fourth-order valence-electron chi connectivity index (χ4n) is 2.32. The SMILES string of the molecule is CC(C)C(=O)N1CC(C(C)C)CCC1C. The topological polar surface area (TPSA) is 20.3 Å². The molecule has 0 radical (unpaired) electrons. The van der Waals surface area contributed by atoms with Crippen LogP contribution in [0.4, 0.5) is 0 Å². The first-order chi connectivity index (χ1) is 6.93. The first-order valence-electron chi connectivity index (χ1n) is 6.24. The molecule has 0 aromatic heterocycles. The van der Waals surface area contributed by atoms with Crippen molar-refractivity contribution < 1.29 is 4.79 Å². The van der Waals surface area contributed by atoms with E-state index in [1.807, 2.05) is 13.8 Å². The zero-order chi connectivity index (χ0) is 11.6. The average molecular weight is 211 g/mol. The highest BCUT2D eigenvalue weighted by molar-refractivity contribution is 5.78. The summed E-state index contributed by atoms with van der Waals surface area (Å²) < 4.78 is 0. The molecule has 0 N–H and O–H groups in total. The average Bonchev–Trinajstić information content (AvgIpc) is 2.16. The Labute approximate surface area is 94.0 Å². The van der Waals surface area contributed by atoms with Crippen LogP contribution in [-0.4, -0.2) is 23.4 Å². The van der Waals surface area contributed by atoms with Crippen LogP contribution in [0.5, 0.6) is 0 Å². The molecule has 2 atom stereocenters. The van der Waals surface area contributed by atoms with Gasteiger partial charge in [0.2, 0.25) is 5.91 Å². The maximum Gasteiger partial charge on any atom is 0.225 e. The van der Waals surface area contributed by atoms with Gasteiger partial charge in [-0.15, -0.1) is 0 Å². The number of piperidine rings is 1. The molecule has 88 valence electrons. The van der Waals surface area contributed by atoms with Gasteiger partial charge in [0.25, 0.3) is 0 Å². The quantitative estimate of drug-likeness (QED) is 0.687. The highest BCUT2D eigenvalue weighted by atomic mass is 16.2. The minimum atomic E-state index is 0.137. The van der Waals surface area contributed by atoms with Crippen molar-refractivity contribution in [1.82, 2.24) is 4.90 Å². The zero-order valence-electron chi connectivity index (χ0n) is 10.8. The molecule has 1 aliphatic rings. The van der Waals surface area contributed by atoms with Gasteiger partial charge in [-0.25, -0.2) is 0 Å². The second kappa shape index (κ2) is 5.00. The predicted octanol–water partition coefficient (Wildman–Crippen LogP) is 2.93. The highest BCUT2D eigenvalue weighted by Gasteiger charge is 2.30. The molecule has 0 aromatic carbocycles. The molecule has 1 amide bonds. The number of nitrogens with zero attached hydrogens (tertiary/aromatic N) is 1. The van der Waals surface area contributed by atoms with Gasteiger partial charge >= 0.3 is 0 Å². The Morgan fingerprint density at radius 3 is 2.27 bits per heavy atom. The van der Waals surface area contributed by atoms with Crippen molar-refractivity contribution in [2.45, 2.75) is 53.5 Å².